The molecule has 3 heterocycles. The maximum Gasteiger partial charge on any atom is 0.416 e. The number of hydrogen-bond donors (Lipinski definition) is 3. The zero-order valence-electron chi connectivity index (χ0n) is 18.8. The molecule has 2 aromatic carbocycles. The van der Waals surface area contributed by atoms with Gasteiger partial charge in [-0.05, 0) is 55.0 Å². The maximum absolute atomic E-state index is 13.0. The Kier molecular flexibility index (Phi) is 5.80. The molecule has 1 amide bonds. The molecule has 5 aromatic rings. The summed E-state index contributed by atoms with van der Waals surface area (Å²) in [6.45, 7) is 1.85. The molecule has 36 heavy (non-hydrogen) atoms. The quantitative estimate of drug-likeness (QED) is 0.291. The highest BCUT2D eigenvalue weighted by Gasteiger charge is 2.30. The number of nitrogens with zero attached hydrogens (tertiary/aromatic N) is 4. The number of alkyl halides is 3. The van der Waals surface area contributed by atoms with E-state index in [1.807, 2.05) is 13.0 Å². The van der Waals surface area contributed by atoms with E-state index in [-0.39, 0.29) is 11.3 Å². The third kappa shape index (κ3) is 4.71. The Labute approximate surface area is 202 Å². The standard InChI is InChI=1S/C25H18F3N7O/c1-14-7-8-15(24(36)32-18-6-2-5-17(11-18)25(26,27)28)10-19(14)33-23-20-22(31-13-30-20)34-21(35-23)16-4-3-9-29-12-16/h2-13H,1H3,(H,32,36)(H2,30,31,33,34,35). The minimum Gasteiger partial charge on any atom is -0.338 e. The highest BCUT2D eigenvalue weighted by Crippen LogP contribution is 2.31. The van der Waals surface area contributed by atoms with E-state index in [0.29, 0.717) is 34.1 Å². The van der Waals surface area contributed by atoms with E-state index >= 15 is 0 Å². The maximum atomic E-state index is 13.0. The first-order valence-corrected chi connectivity index (χ1v) is 10.8. The first kappa shape index (κ1) is 23.0. The van der Waals surface area contributed by atoms with E-state index in [4.69, 9.17) is 0 Å². The van der Waals surface area contributed by atoms with Crippen molar-refractivity contribution in [1.29, 1.82) is 0 Å². The number of halogens is 3. The Morgan fingerprint density at radius 2 is 1.89 bits per heavy atom. The van der Waals surface area contributed by atoms with Crippen molar-refractivity contribution in [3.05, 3.63) is 90.0 Å². The minimum absolute atomic E-state index is 0.0417. The number of nitrogens with one attached hydrogen (secondary N) is 3. The number of aryl methyl sites for hydroxylation is 1. The molecular weight excluding hydrogens is 471 g/mol. The number of aromatic amines is 1. The number of amides is 1. The fourth-order valence-electron chi connectivity index (χ4n) is 3.55. The molecule has 3 aromatic heterocycles. The van der Waals surface area contributed by atoms with Gasteiger partial charge in [0.1, 0.15) is 0 Å². The molecule has 0 bridgehead atoms. The van der Waals surface area contributed by atoms with E-state index in [2.05, 4.69) is 35.6 Å². The van der Waals surface area contributed by atoms with Crippen LogP contribution in [0.4, 0.5) is 30.4 Å². The molecule has 0 fully saturated rings. The largest absolute Gasteiger partial charge is 0.416 e. The SMILES string of the molecule is Cc1ccc(C(=O)Nc2cccc(C(F)(F)F)c2)cc1Nc1nc(-c2cccnc2)nc2[nH]cnc12. The van der Waals surface area contributed by atoms with E-state index in [9.17, 15) is 18.0 Å². The predicted molar refractivity (Wildman–Crippen MR) is 129 cm³/mol. The van der Waals surface area contributed by atoms with Crippen molar-refractivity contribution >= 4 is 34.3 Å². The number of hydrogen-bond acceptors (Lipinski definition) is 6. The van der Waals surface area contributed by atoms with Crippen molar-refractivity contribution < 1.29 is 18.0 Å². The average Bonchev–Trinajstić information content (AvgIpc) is 3.35. The minimum atomic E-state index is -4.51. The Bertz CT molecular complexity index is 1570. The first-order valence-electron chi connectivity index (χ1n) is 10.8. The van der Waals surface area contributed by atoms with Crippen LogP contribution in [0.5, 0.6) is 0 Å². The molecule has 0 atom stereocenters. The molecule has 0 unspecified atom stereocenters. The fourth-order valence-corrected chi connectivity index (χ4v) is 3.55. The van der Waals surface area contributed by atoms with Crippen molar-refractivity contribution in [2.24, 2.45) is 0 Å². The number of benzene rings is 2. The Morgan fingerprint density at radius 3 is 2.67 bits per heavy atom. The fraction of sp³-hybridized carbons (Fsp3) is 0.0800. The number of pyridine rings is 1. The van der Waals surface area contributed by atoms with Crippen LogP contribution in [0.3, 0.4) is 0 Å². The van der Waals surface area contributed by atoms with Crippen molar-refractivity contribution in [1.82, 2.24) is 24.9 Å². The summed E-state index contributed by atoms with van der Waals surface area (Å²) in [5.74, 6) is 0.290. The summed E-state index contributed by atoms with van der Waals surface area (Å²) in [6, 6.07) is 13.0. The molecule has 0 saturated carbocycles. The number of fused-ring (bicyclic) bond motifs is 1. The Balaban J connectivity index is 1.45. The number of H-pyrrole nitrogens is 1. The average molecular weight is 489 g/mol. The second-order valence-electron chi connectivity index (χ2n) is 7.92. The molecule has 11 heteroatoms. The van der Waals surface area contributed by atoms with Gasteiger partial charge in [-0.1, -0.05) is 12.1 Å². The molecule has 0 saturated heterocycles. The lowest BCUT2D eigenvalue weighted by Gasteiger charge is -2.13. The van der Waals surface area contributed by atoms with Gasteiger partial charge in [0.15, 0.2) is 22.8 Å². The number of carbonyl (C=O) groups is 1. The summed E-state index contributed by atoms with van der Waals surface area (Å²) < 4.78 is 39.0. The van der Waals surface area contributed by atoms with Crippen molar-refractivity contribution in [3.63, 3.8) is 0 Å². The van der Waals surface area contributed by atoms with Crippen molar-refractivity contribution in [2.45, 2.75) is 13.1 Å². The van der Waals surface area contributed by atoms with Crippen LogP contribution < -0.4 is 10.6 Å². The number of aromatic nitrogens is 5. The number of anilines is 3. The third-order valence-corrected chi connectivity index (χ3v) is 5.40. The summed E-state index contributed by atoms with van der Waals surface area (Å²) in [6.07, 6.45) is 0.288. The van der Waals surface area contributed by atoms with Crippen molar-refractivity contribution in [2.75, 3.05) is 10.6 Å². The summed E-state index contributed by atoms with van der Waals surface area (Å²) in [5.41, 5.74) is 2.57. The molecule has 180 valence electrons. The van der Waals surface area contributed by atoms with Gasteiger partial charge in [0, 0.05) is 34.9 Å². The lowest BCUT2D eigenvalue weighted by atomic mass is 10.1. The van der Waals surface area contributed by atoms with E-state index in [1.54, 1.807) is 36.7 Å². The van der Waals surface area contributed by atoms with Gasteiger partial charge in [0.25, 0.3) is 5.91 Å². The topological polar surface area (TPSA) is 108 Å². The molecule has 0 spiro atoms. The zero-order valence-corrected chi connectivity index (χ0v) is 18.8. The van der Waals surface area contributed by atoms with Crippen LogP contribution in [0.2, 0.25) is 0 Å². The van der Waals surface area contributed by atoms with Gasteiger partial charge in [-0.15, -0.1) is 0 Å². The van der Waals surface area contributed by atoms with Crippen LogP contribution in [0.15, 0.2) is 73.3 Å². The Morgan fingerprint density at radius 1 is 1.03 bits per heavy atom. The van der Waals surface area contributed by atoms with E-state index < -0.39 is 17.6 Å². The van der Waals surface area contributed by atoms with E-state index in [1.165, 1.54) is 18.5 Å². The summed E-state index contributed by atoms with van der Waals surface area (Å²) >= 11 is 0. The highest BCUT2D eigenvalue weighted by atomic mass is 19.4. The number of rotatable bonds is 5. The molecule has 0 radical (unpaired) electrons. The monoisotopic (exact) mass is 489 g/mol. The van der Waals surface area contributed by atoms with Gasteiger partial charge in [-0.2, -0.15) is 13.2 Å². The van der Waals surface area contributed by atoms with Crippen LogP contribution in [-0.4, -0.2) is 30.8 Å². The van der Waals surface area contributed by atoms with Crippen LogP contribution in [0.1, 0.15) is 21.5 Å². The van der Waals surface area contributed by atoms with Crippen LogP contribution in [-0.2, 0) is 6.18 Å². The van der Waals surface area contributed by atoms with E-state index in [0.717, 1.165) is 17.7 Å². The second kappa shape index (κ2) is 9.10. The van der Waals surface area contributed by atoms with Crippen molar-refractivity contribution in [3.8, 4) is 11.4 Å². The summed E-state index contributed by atoms with van der Waals surface area (Å²) in [7, 11) is 0. The lowest BCUT2D eigenvalue weighted by molar-refractivity contribution is -0.137. The summed E-state index contributed by atoms with van der Waals surface area (Å²) in [5, 5.41) is 5.74. The number of imidazole rings is 1. The van der Waals surface area contributed by atoms with Gasteiger partial charge in [-0.3, -0.25) is 9.78 Å². The molecular formula is C25H18F3N7O. The molecule has 8 nitrogen and oxygen atoms in total. The van der Waals surface area contributed by atoms with Gasteiger partial charge in [0.2, 0.25) is 0 Å². The molecule has 3 N–H and O–H groups in total. The van der Waals surface area contributed by atoms with Crippen LogP contribution in [0, 0.1) is 6.92 Å². The lowest BCUT2D eigenvalue weighted by Crippen LogP contribution is -2.13. The molecule has 0 aliphatic rings. The highest BCUT2D eigenvalue weighted by molar-refractivity contribution is 6.05. The second-order valence-corrected chi connectivity index (χ2v) is 7.92. The van der Waals surface area contributed by atoms with Gasteiger partial charge < -0.3 is 15.6 Å². The third-order valence-electron chi connectivity index (χ3n) is 5.40. The van der Waals surface area contributed by atoms with Crippen LogP contribution >= 0.6 is 0 Å². The zero-order chi connectivity index (χ0) is 25.3. The first-order chi connectivity index (χ1) is 17.3. The number of carbonyl (C=O) groups excluding carboxylic acids is 1. The molecule has 0 aliphatic heterocycles. The van der Waals surface area contributed by atoms with Gasteiger partial charge in [0.05, 0.1) is 11.9 Å². The van der Waals surface area contributed by atoms with Gasteiger partial charge >= 0.3 is 6.18 Å². The smallest absolute Gasteiger partial charge is 0.338 e. The normalized spacial score (nSPS) is 11.4. The van der Waals surface area contributed by atoms with Crippen LogP contribution in [0.25, 0.3) is 22.6 Å². The predicted octanol–water partition coefficient (Wildman–Crippen LogP) is 5.74. The van der Waals surface area contributed by atoms with Gasteiger partial charge in [-0.25, -0.2) is 15.0 Å². The summed E-state index contributed by atoms with van der Waals surface area (Å²) in [4.78, 5) is 33.3. The molecule has 0 aliphatic carbocycles. The Hall–Kier alpha value is -4.80. The molecule has 5 rings (SSSR count).